The maximum atomic E-state index is 12.3. The van der Waals surface area contributed by atoms with Crippen LogP contribution in [0.5, 0.6) is 0 Å². The number of cyclic esters (lactones) is 2. The van der Waals surface area contributed by atoms with Gasteiger partial charge < -0.3 is 9.47 Å². The van der Waals surface area contributed by atoms with Gasteiger partial charge in [-0.25, -0.2) is 4.79 Å². The number of alkyl halides is 5. The SMILES string of the molecule is O=C1OCC(CC(F)(F)C(F)(F)F)O1. The predicted molar refractivity (Wildman–Crippen MR) is 31.8 cm³/mol. The number of carbonyl (C=O) groups is 1. The van der Waals surface area contributed by atoms with Crippen molar-refractivity contribution in [1.82, 2.24) is 0 Å². The van der Waals surface area contributed by atoms with Crippen molar-refractivity contribution in [1.29, 1.82) is 0 Å². The normalized spacial score (nSPS) is 23.2. The Bertz CT molecular complexity index is 236. The standard InChI is InChI=1S/C6H5F5O3/c7-5(8,6(9,10)11)1-3-2-13-4(12)14-3/h3H,1-2H2. The van der Waals surface area contributed by atoms with Crippen LogP contribution in [0.2, 0.25) is 0 Å². The largest absolute Gasteiger partial charge is 0.508 e. The third-order valence-corrected chi connectivity index (χ3v) is 1.55. The van der Waals surface area contributed by atoms with E-state index < -0.39 is 37.4 Å². The molecular formula is C6H5F5O3. The van der Waals surface area contributed by atoms with Crippen LogP contribution in [-0.2, 0) is 9.47 Å². The van der Waals surface area contributed by atoms with Gasteiger partial charge in [0.15, 0.2) is 0 Å². The fraction of sp³-hybridized carbons (Fsp3) is 0.833. The molecule has 1 heterocycles. The van der Waals surface area contributed by atoms with E-state index in [0.29, 0.717) is 0 Å². The maximum absolute atomic E-state index is 12.3. The van der Waals surface area contributed by atoms with Crippen LogP contribution in [0.25, 0.3) is 0 Å². The monoisotopic (exact) mass is 220 g/mol. The van der Waals surface area contributed by atoms with Gasteiger partial charge in [0.05, 0.1) is 6.42 Å². The van der Waals surface area contributed by atoms with E-state index in [-0.39, 0.29) is 0 Å². The summed E-state index contributed by atoms with van der Waals surface area (Å²) in [5.74, 6) is -4.87. The molecule has 0 bridgehead atoms. The van der Waals surface area contributed by atoms with E-state index >= 15 is 0 Å². The third kappa shape index (κ3) is 2.24. The molecule has 1 fully saturated rings. The predicted octanol–water partition coefficient (Wildman–Crippen LogP) is 2.11. The molecule has 8 heteroatoms. The van der Waals surface area contributed by atoms with Crippen LogP contribution >= 0.6 is 0 Å². The summed E-state index contributed by atoms with van der Waals surface area (Å²) in [6, 6.07) is 0. The van der Waals surface area contributed by atoms with Gasteiger partial charge in [-0.2, -0.15) is 22.0 Å². The molecule has 0 spiro atoms. The zero-order valence-electron chi connectivity index (χ0n) is 6.61. The highest BCUT2D eigenvalue weighted by Gasteiger charge is 2.59. The van der Waals surface area contributed by atoms with Crippen molar-refractivity contribution in [3.63, 3.8) is 0 Å². The van der Waals surface area contributed by atoms with Crippen LogP contribution in [0.15, 0.2) is 0 Å². The van der Waals surface area contributed by atoms with Crippen LogP contribution < -0.4 is 0 Å². The van der Waals surface area contributed by atoms with Crippen molar-refractivity contribution in [3.8, 4) is 0 Å². The van der Waals surface area contributed by atoms with Gasteiger partial charge in [0.1, 0.15) is 12.7 Å². The molecule has 0 saturated carbocycles. The minimum Gasteiger partial charge on any atom is -0.430 e. The Hall–Kier alpha value is -1.08. The first-order chi connectivity index (χ1) is 6.22. The molecule has 14 heavy (non-hydrogen) atoms. The Morgan fingerprint density at radius 3 is 2.21 bits per heavy atom. The zero-order valence-corrected chi connectivity index (χ0v) is 6.61. The summed E-state index contributed by atoms with van der Waals surface area (Å²) in [5, 5.41) is 0. The first-order valence-electron chi connectivity index (χ1n) is 3.50. The first kappa shape index (κ1) is 11.0. The molecule has 1 rings (SSSR count). The summed E-state index contributed by atoms with van der Waals surface area (Å²) in [5.41, 5.74) is 0. The van der Waals surface area contributed by atoms with Gasteiger partial charge >= 0.3 is 18.3 Å². The van der Waals surface area contributed by atoms with Crippen molar-refractivity contribution in [2.45, 2.75) is 24.6 Å². The summed E-state index contributed by atoms with van der Waals surface area (Å²) in [7, 11) is 0. The quantitative estimate of drug-likeness (QED) is 0.528. The number of carbonyl (C=O) groups excluding carboxylic acids is 1. The fourth-order valence-corrected chi connectivity index (χ4v) is 0.867. The Morgan fingerprint density at radius 2 is 1.86 bits per heavy atom. The molecule has 0 aromatic heterocycles. The molecule has 0 amide bonds. The van der Waals surface area contributed by atoms with Gasteiger partial charge in [-0.1, -0.05) is 0 Å². The lowest BCUT2D eigenvalue weighted by Gasteiger charge is -2.20. The minimum atomic E-state index is -5.64. The first-order valence-corrected chi connectivity index (χ1v) is 3.50. The van der Waals surface area contributed by atoms with Crippen LogP contribution in [0, 0.1) is 0 Å². The fourth-order valence-electron chi connectivity index (χ4n) is 0.867. The highest BCUT2D eigenvalue weighted by atomic mass is 19.4. The Labute approximate surface area is 74.8 Å². The molecule has 0 radical (unpaired) electrons. The lowest BCUT2D eigenvalue weighted by atomic mass is 10.1. The van der Waals surface area contributed by atoms with E-state index in [2.05, 4.69) is 9.47 Å². The lowest BCUT2D eigenvalue weighted by molar-refractivity contribution is -0.289. The second kappa shape index (κ2) is 3.25. The second-order valence-electron chi connectivity index (χ2n) is 2.71. The van der Waals surface area contributed by atoms with Crippen molar-refractivity contribution in [2.75, 3.05) is 6.61 Å². The van der Waals surface area contributed by atoms with E-state index in [0.717, 1.165) is 0 Å². The van der Waals surface area contributed by atoms with Gasteiger partial charge in [0, 0.05) is 0 Å². The molecule has 1 unspecified atom stereocenters. The number of ether oxygens (including phenoxy) is 2. The van der Waals surface area contributed by atoms with Gasteiger partial charge in [-0.15, -0.1) is 0 Å². The molecule has 0 aromatic rings. The highest BCUT2D eigenvalue weighted by Crippen LogP contribution is 2.39. The van der Waals surface area contributed by atoms with Crippen molar-refractivity contribution < 1.29 is 36.2 Å². The number of hydrogen-bond acceptors (Lipinski definition) is 3. The Kier molecular flexibility index (Phi) is 2.55. The molecule has 0 aliphatic carbocycles. The molecule has 3 nitrogen and oxygen atoms in total. The van der Waals surface area contributed by atoms with E-state index in [9.17, 15) is 26.7 Å². The lowest BCUT2D eigenvalue weighted by Crippen LogP contribution is -2.40. The molecule has 0 N–H and O–H groups in total. The molecule has 1 atom stereocenters. The van der Waals surface area contributed by atoms with Crippen molar-refractivity contribution in [2.24, 2.45) is 0 Å². The minimum absolute atomic E-state index is 0.579. The maximum Gasteiger partial charge on any atom is 0.508 e. The van der Waals surface area contributed by atoms with E-state index in [1.807, 2.05) is 0 Å². The molecule has 1 aliphatic rings. The number of rotatable bonds is 2. The average molecular weight is 220 g/mol. The Balaban J connectivity index is 2.55. The molecule has 1 saturated heterocycles. The van der Waals surface area contributed by atoms with Crippen LogP contribution in [0.3, 0.4) is 0 Å². The highest BCUT2D eigenvalue weighted by molar-refractivity contribution is 5.61. The van der Waals surface area contributed by atoms with Gasteiger partial charge in [-0.05, 0) is 0 Å². The number of halogens is 5. The van der Waals surface area contributed by atoms with Gasteiger partial charge in [0.2, 0.25) is 0 Å². The summed E-state index contributed by atoms with van der Waals surface area (Å²) in [4.78, 5) is 10.2. The Morgan fingerprint density at radius 1 is 1.29 bits per heavy atom. The van der Waals surface area contributed by atoms with Crippen LogP contribution in [0.4, 0.5) is 26.7 Å². The molecule has 82 valence electrons. The van der Waals surface area contributed by atoms with Gasteiger partial charge in [0.25, 0.3) is 0 Å². The molecular weight excluding hydrogens is 215 g/mol. The average Bonchev–Trinajstić information content (AvgIpc) is 2.31. The molecule has 1 aliphatic heterocycles. The summed E-state index contributed by atoms with van der Waals surface area (Å²) >= 11 is 0. The zero-order chi connectivity index (χ0) is 11.0. The van der Waals surface area contributed by atoms with Crippen molar-refractivity contribution in [3.05, 3.63) is 0 Å². The molecule has 0 aromatic carbocycles. The van der Waals surface area contributed by atoms with Crippen molar-refractivity contribution >= 4 is 6.16 Å². The smallest absolute Gasteiger partial charge is 0.430 e. The topological polar surface area (TPSA) is 35.5 Å². The summed E-state index contributed by atoms with van der Waals surface area (Å²) in [6.07, 6.45) is -10.0. The van der Waals surface area contributed by atoms with E-state index in [1.165, 1.54) is 0 Å². The van der Waals surface area contributed by atoms with Crippen LogP contribution in [-0.4, -0.2) is 31.0 Å². The number of hydrogen-bond donors (Lipinski definition) is 0. The second-order valence-corrected chi connectivity index (χ2v) is 2.71. The van der Waals surface area contributed by atoms with E-state index in [1.54, 1.807) is 0 Å². The summed E-state index contributed by atoms with van der Waals surface area (Å²) in [6.45, 7) is -0.579. The van der Waals surface area contributed by atoms with E-state index in [4.69, 9.17) is 0 Å². The van der Waals surface area contributed by atoms with Crippen LogP contribution in [0.1, 0.15) is 6.42 Å². The van der Waals surface area contributed by atoms with Gasteiger partial charge in [-0.3, -0.25) is 0 Å². The summed E-state index contributed by atoms with van der Waals surface area (Å²) < 4.78 is 67.7. The third-order valence-electron chi connectivity index (χ3n) is 1.55.